The van der Waals surface area contributed by atoms with Crippen molar-refractivity contribution in [3.05, 3.63) is 65.5 Å². The lowest BCUT2D eigenvalue weighted by Gasteiger charge is -2.46. The van der Waals surface area contributed by atoms with E-state index in [1.165, 1.54) is 0 Å². The molecule has 164 valence electrons. The van der Waals surface area contributed by atoms with Gasteiger partial charge in [-0.1, -0.05) is 30.3 Å². The van der Waals surface area contributed by atoms with Gasteiger partial charge in [0.2, 0.25) is 11.8 Å². The maximum atomic E-state index is 14.2. The molecule has 1 aromatic carbocycles. The van der Waals surface area contributed by atoms with E-state index in [9.17, 15) is 9.59 Å². The fraction of sp³-hybridized carbons (Fsp3) is 0.480. The van der Waals surface area contributed by atoms with Crippen molar-refractivity contribution in [2.45, 2.75) is 43.4 Å². The third-order valence-electron chi connectivity index (χ3n) is 7.01. The SMILES string of the molecule is CNC(=O)C1(c2ccccn2)CCCN(C(=O)C2(c3ccccc3C)CCOCC2)C1. The number of ether oxygens (including phenoxy) is 1. The number of rotatable bonds is 4. The third kappa shape index (κ3) is 3.74. The maximum absolute atomic E-state index is 14.2. The number of likely N-dealkylation sites (tertiary alicyclic amines) is 1. The second-order valence-corrected chi connectivity index (χ2v) is 8.72. The standard InChI is InChI=1S/C25H31N3O3/c1-19-8-3-4-9-20(19)24(12-16-31-17-13-24)23(30)28-15-7-11-25(18-28,22(29)26-2)21-10-5-6-14-27-21/h3-6,8-10,14H,7,11-13,15-18H2,1-2H3,(H,26,29). The Labute approximate surface area is 184 Å². The number of hydrogen-bond donors (Lipinski definition) is 1. The molecule has 4 rings (SSSR count). The van der Waals surface area contributed by atoms with Gasteiger partial charge in [-0.25, -0.2) is 0 Å². The number of nitrogens with one attached hydrogen (secondary N) is 1. The molecule has 0 saturated carbocycles. The number of nitrogens with zero attached hydrogens (tertiary/aromatic N) is 2. The normalized spacial score (nSPS) is 23.2. The number of aryl methyl sites for hydroxylation is 1. The van der Waals surface area contributed by atoms with Gasteiger partial charge in [-0.05, 0) is 55.9 Å². The van der Waals surface area contributed by atoms with Crippen LogP contribution in [0.1, 0.15) is 42.5 Å². The van der Waals surface area contributed by atoms with E-state index in [0.29, 0.717) is 45.6 Å². The molecule has 0 spiro atoms. The molecular formula is C25H31N3O3. The summed E-state index contributed by atoms with van der Waals surface area (Å²) < 4.78 is 5.64. The summed E-state index contributed by atoms with van der Waals surface area (Å²) in [5.41, 5.74) is 1.49. The Kier molecular flexibility index (Phi) is 6.10. The number of likely N-dealkylation sites (N-methyl/N-ethyl adjacent to an activating group) is 1. The van der Waals surface area contributed by atoms with Crippen molar-refractivity contribution in [1.82, 2.24) is 15.2 Å². The maximum Gasteiger partial charge on any atom is 0.233 e. The lowest BCUT2D eigenvalue weighted by Crippen LogP contribution is -2.59. The predicted molar refractivity (Wildman–Crippen MR) is 119 cm³/mol. The predicted octanol–water partition coefficient (Wildman–Crippen LogP) is 2.74. The van der Waals surface area contributed by atoms with Crippen LogP contribution in [0.25, 0.3) is 0 Å². The molecule has 1 unspecified atom stereocenters. The van der Waals surface area contributed by atoms with Gasteiger partial charge in [0.15, 0.2) is 0 Å². The van der Waals surface area contributed by atoms with E-state index >= 15 is 0 Å². The molecule has 2 aromatic rings. The van der Waals surface area contributed by atoms with Crippen molar-refractivity contribution in [1.29, 1.82) is 0 Å². The molecule has 2 fully saturated rings. The quantitative estimate of drug-likeness (QED) is 0.824. The lowest BCUT2D eigenvalue weighted by atomic mass is 9.70. The smallest absolute Gasteiger partial charge is 0.233 e. The zero-order chi connectivity index (χ0) is 21.9. The van der Waals surface area contributed by atoms with Crippen LogP contribution in [0.3, 0.4) is 0 Å². The zero-order valence-corrected chi connectivity index (χ0v) is 18.4. The molecule has 2 aliphatic heterocycles. The molecule has 31 heavy (non-hydrogen) atoms. The van der Waals surface area contributed by atoms with Gasteiger partial charge in [-0.2, -0.15) is 0 Å². The van der Waals surface area contributed by atoms with Crippen molar-refractivity contribution in [3.63, 3.8) is 0 Å². The number of aromatic nitrogens is 1. The van der Waals surface area contributed by atoms with E-state index in [1.807, 2.05) is 35.2 Å². The first-order valence-corrected chi connectivity index (χ1v) is 11.1. The van der Waals surface area contributed by atoms with Gasteiger partial charge >= 0.3 is 0 Å². The molecule has 2 aliphatic rings. The fourth-order valence-corrected chi connectivity index (χ4v) is 5.36. The summed E-state index contributed by atoms with van der Waals surface area (Å²) in [6.45, 7) is 4.19. The molecule has 1 atom stereocenters. The number of carbonyl (C=O) groups excluding carboxylic acids is 2. The summed E-state index contributed by atoms with van der Waals surface area (Å²) in [5, 5.41) is 2.83. The van der Waals surface area contributed by atoms with E-state index in [-0.39, 0.29) is 11.8 Å². The van der Waals surface area contributed by atoms with Crippen LogP contribution in [0.5, 0.6) is 0 Å². The molecule has 0 radical (unpaired) electrons. The van der Waals surface area contributed by atoms with Crippen LogP contribution in [0, 0.1) is 6.92 Å². The first kappa shape index (κ1) is 21.5. The fourth-order valence-electron chi connectivity index (χ4n) is 5.36. The number of hydrogen-bond acceptors (Lipinski definition) is 4. The Bertz CT molecular complexity index is 940. The van der Waals surface area contributed by atoms with Crippen LogP contribution >= 0.6 is 0 Å². The van der Waals surface area contributed by atoms with Crippen molar-refractivity contribution in [3.8, 4) is 0 Å². The van der Waals surface area contributed by atoms with Crippen LogP contribution in [-0.4, -0.2) is 55.0 Å². The molecule has 1 aromatic heterocycles. The average molecular weight is 422 g/mol. The Hall–Kier alpha value is -2.73. The highest BCUT2D eigenvalue weighted by Gasteiger charge is 2.50. The van der Waals surface area contributed by atoms with Gasteiger partial charge in [0.05, 0.1) is 11.1 Å². The minimum atomic E-state index is -0.831. The van der Waals surface area contributed by atoms with E-state index < -0.39 is 10.8 Å². The molecule has 6 nitrogen and oxygen atoms in total. The molecule has 6 heteroatoms. The number of pyridine rings is 1. The van der Waals surface area contributed by atoms with Gasteiger partial charge in [0.25, 0.3) is 0 Å². The molecule has 3 heterocycles. The zero-order valence-electron chi connectivity index (χ0n) is 18.4. The van der Waals surface area contributed by atoms with Crippen LogP contribution in [-0.2, 0) is 25.2 Å². The molecule has 2 saturated heterocycles. The minimum Gasteiger partial charge on any atom is -0.381 e. The summed E-state index contributed by atoms with van der Waals surface area (Å²) in [7, 11) is 1.65. The van der Waals surface area contributed by atoms with Gasteiger partial charge < -0.3 is 15.0 Å². The lowest BCUT2D eigenvalue weighted by molar-refractivity contribution is -0.145. The first-order chi connectivity index (χ1) is 15.0. The molecule has 2 amide bonds. The van der Waals surface area contributed by atoms with Crippen molar-refractivity contribution in [2.75, 3.05) is 33.4 Å². The van der Waals surface area contributed by atoms with Crippen molar-refractivity contribution < 1.29 is 14.3 Å². The highest BCUT2D eigenvalue weighted by Crippen LogP contribution is 2.41. The summed E-state index contributed by atoms with van der Waals surface area (Å²) in [6.07, 6.45) is 4.46. The van der Waals surface area contributed by atoms with Crippen LogP contribution < -0.4 is 5.32 Å². The summed E-state index contributed by atoms with van der Waals surface area (Å²) in [6, 6.07) is 13.8. The van der Waals surface area contributed by atoms with E-state index in [2.05, 4.69) is 29.4 Å². The highest BCUT2D eigenvalue weighted by atomic mass is 16.5. The van der Waals surface area contributed by atoms with Gasteiger partial charge in [-0.15, -0.1) is 0 Å². The summed E-state index contributed by atoms with van der Waals surface area (Å²) in [4.78, 5) is 33.7. The summed E-state index contributed by atoms with van der Waals surface area (Å²) >= 11 is 0. The summed E-state index contributed by atoms with van der Waals surface area (Å²) in [5.74, 6) is 0.0228. The van der Waals surface area contributed by atoms with Crippen molar-refractivity contribution >= 4 is 11.8 Å². The van der Waals surface area contributed by atoms with Crippen LogP contribution in [0.4, 0.5) is 0 Å². The van der Waals surface area contributed by atoms with E-state index in [0.717, 1.165) is 23.2 Å². The van der Waals surface area contributed by atoms with Crippen LogP contribution in [0.2, 0.25) is 0 Å². The third-order valence-corrected chi connectivity index (χ3v) is 7.01. The van der Waals surface area contributed by atoms with Crippen LogP contribution in [0.15, 0.2) is 48.7 Å². The number of piperidine rings is 1. The van der Waals surface area contributed by atoms with Crippen molar-refractivity contribution in [2.24, 2.45) is 0 Å². The topological polar surface area (TPSA) is 71.5 Å². The Morgan fingerprint density at radius 1 is 1.03 bits per heavy atom. The second kappa shape index (κ2) is 8.79. The van der Waals surface area contributed by atoms with Gasteiger partial charge in [0.1, 0.15) is 5.41 Å². The number of amides is 2. The highest BCUT2D eigenvalue weighted by molar-refractivity contribution is 5.92. The molecule has 0 aliphatic carbocycles. The van der Waals surface area contributed by atoms with E-state index in [4.69, 9.17) is 4.74 Å². The first-order valence-electron chi connectivity index (χ1n) is 11.1. The minimum absolute atomic E-state index is 0.0828. The molecule has 1 N–H and O–H groups in total. The average Bonchev–Trinajstić information content (AvgIpc) is 2.84. The van der Waals surface area contributed by atoms with Gasteiger partial charge in [-0.3, -0.25) is 14.6 Å². The second-order valence-electron chi connectivity index (χ2n) is 8.72. The largest absolute Gasteiger partial charge is 0.381 e. The number of carbonyl (C=O) groups is 2. The van der Waals surface area contributed by atoms with Gasteiger partial charge in [0, 0.05) is 39.5 Å². The monoisotopic (exact) mass is 421 g/mol. The molecule has 0 bridgehead atoms. The Morgan fingerprint density at radius 2 is 1.77 bits per heavy atom. The Morgan fingerprint density at radius 3 is 2.45 bits per heavy atom. The Balaban J connectivity index is 1.73. The molecular weight excluding hydrogens is 390 g/mol. The van der Waals surface area contributed by atoms with E-state index in [1.54, 1.807) is 13.2 Å². The number of benzene rings is 1.